The molecule has 2 nitrogen and oxygen atoms in total. The molecule has 4 heteroatoms. The van der Waals surface area contributed by atoms with Gasteiger partial charge >= 0.3 is 0 Å². The molecule has 0 aromatic heterocycles. The molecule has 0 saturated carbocycles. The molecule has 0 amide bonds. The molecule has 13 heavy (non-hydrogen) atoms. The summed E-state index contributed by atoms with van der Waals surface area (Å²) in [5, 5.41) is 0. The highest BCUT2D eigenvalue weighted by Crippen LogP contribution is 2.35. The predicted molar refractivity (Wildman–Crippen MR) is 62.5 cm³/mol. The average Bonchev–Trinajstić information content (AvgIpc) is 2.31. The molecule has 0 N–H and O–H groups in total. The van der Waals surface area contributed by atoms with Crippen LogP contribution in [0, 0.1) is 3.57 Å². The van der Waals surface area contributed by atoms with Gasteiger partial charge in [-0.2, -0.15) is 0 Å². The van der Waals surface area contributed by atoms with Gasteiger partial charge in [0.25, 0.3) is 0 Å². The molecule has 1 aromatic rings. The van der Waals surface area contributed by atoms with Crippen LogP contribution < -0.4 is 9.47 Å². The summed E-state index contributed by atoms with van der Waals surface area (Å²) in [6, 6.07) is 3.95. The first-order valence-corrected chi connectivity index (χ1v) is 5.89. The zero-order valence-electron chi connectivity index (χ0n) is 6.85. The Kier molecular flexibility index (Phi) is 2.98. The minimum Gasteiger partial charge on any atom is -0.490 e. The van der Waals surface area contributed by atoms with E-state index in [0.717, 1.165) is 39.2 Å². The van der Waals surface area contributed by atoms with Crippen LogP contribution in [-0.4, -0.2) is 13.2 Å². The van der Waals surface area contributed by atoms with Crippen molar-refractivity contribution in [3.8, 4) is 11.5 Å². The van der Waals surface area contributed by atoms with Crippen LogP contribution in [0.1, 0.15) is 6.42 Å². The Hall–Kier alpha value is 0.0300. The monoisotopic (exact) mass is 354 g/mol. The molecule has 1 aliphatic heterocycles. The first kappa shape index (κ1) is 9.58. The quantitative estimate of drug-likeness (QED) is 0.666. The largest absolute Gasteiger partial charge is 0.490 e. The smallest absolute Gasteiger partial charge is 0.162 e. The van der Waals surface area contributed by atoms with Gasteiger partial charge in [-0.15, -0.1) is 0 Å². The Morgan fingerprint density at radius 3 is 2.46 bits per heavy atom. The van der Waals surface area contributed by atoms with Gasteiger partial charge in [0.2, 0.25) is 0 Å². The Balaban J connectivity index is 2.43. The van der Waals surface area contributed by atoms with Crippen molar-refractivity contribution in [1.82, 2.24) is 0 Å². The zero-order valence-corrected chi connectivity index (χ0v) is 10.6. The third-order valence-electron chi connectivity index (χ3n) is 1.79. The van der Waals surface area contributed by atoms with E-state index >= 15 is 0 Å². The number of fused-ring (bicyclic) bond motifs is 1. The van der Waals surface area contributed by atoms with Gasteiger partial charge in [-0.1, -0.05) is 0 Å². The third-order valence-corrected chi connectivity index (χ3v) is 4.08. The van der Waals surface area contributed by atoms with Crippen LogP contribution in [0.3, 0.4) is 0 Å². The summed E-state index contributed by atoms with van der Waals surface area (Å²) in [6.07, 6.45) is 0.947. The summed E-state index contributed by atoms with van der Waals surface area (Å²) in [5.41, 5.74) is 0. The summed E-state index contributed by atoms with van der Waals surface area (Å²) in [6.45, 7) is 1.48. The molecule has 0 atom stereocenters. The molecule has 2 rings (SSSR count). The summed E-state index contributed by atoms with van der Waals surface area (Å²) in [5.74, 6) is 1.69. The van der Waals surface area contributed by atoms with Gasteiger partial charge < -0.3 is 9.47 Å². The lowest BCUT2D eigenvalue weighted by Crippen LogP contribution is -1.97. The van der Waals surface area contributed by atoms with Crippen molar-refractivity contribution in [1.29, 1.82) is 0 Å². The lowest BCUT2D eigenvalue weighted by atomic mass is 10.3. The highest BCUT2D eigenvalue weighted by Gasteiger charge is 2.12. The topological polar surface area (TPSA) is 18.5 Å². The SMILES string of the molecule is Brc1cc2c(cc1I)OCCCO2. The Labute approximate surface area is 98.9 Å². The molecule has 0 spiro atoms. The number of hydrogen-bond donors (Lipinski definition) is 0. The van der Waals surface area contributed by atoms with Gasteiger partial charge in [0.05, 0.1) is 13.2 Å². The molecule has 0 aliphatic carbocycles. The van der Waals surface area contributed by atoms with E-state index in [0.29, 0.717) is 0 Å². The van der Waals surface area contributed by atoms with E-state index in [4.69, 9.17) is 9.47 Å². The highest BCUT2D eigenvalue weighted by atomic mass is 127. The van der Waals surface area contributed by atoms with E-state index in [-0.39, 0.29) is 0 Å². The summed E-state index contributed by atoms with van der Waals surface area (Å²) >= 11 is 5.72. The maximum absolute atomic E-state index is 5.53. The second-order valence-electron chi connectivity index (χ2n) is 2.76. The Bertz CT molecular complexity index is 297. The van der Waals surface area contributed by atoms with E-state index in [1.165, 1.54) is 0 Å². The van der Waals surface area contributed by atoms with Crippen molar-refractivity contribution in [3.63, 3.8) is 0 Å². The number of benzene rings is 1. The van der Waals surface area contributed by atoms with E-state index in [1.807, 2.05) is 12.1 Å². The fourth-order valence-corrected chi connectivity index (χ4v) is 1.92. The average molecular weight is 355 g/mol. The maximum Gasteiger partial charge on any atom is 0.162 e. The fraction of sp³-hybridized carbons (Fsp3) is 0.333. The van der Waals surface area contributed by atoms with Crippen molar-refractivity contribution in [2.45, 2.75) is 6.42 Å². The number of halogens is 2. The van der Waals surface area contributed by atoms with Gasteiger partial charge in [0.15, 0.2) is 11.5 Å². The molecule has 1 aliphatic rings. The Morgan fingerprint density at radius 2 is 1.77 bits per heavy atom. The normalized spacial score (nSPS) is 15.2. The summed E-state index contributed by atoms with van der Waals surface area (Å²) in [4.78, 5) is 0. The van der Waals surface area contributed by atoms with Crippen LogP contribution >= 0.6 is 38.5 Å². The second kappa shape index (κ2) is 4.04. The molecule has 0 saturated heterocycles. The lowest BCUT2D eigenvalue weighted by molar-refractivity contribution is 0.297. The van der Waals surface area contributed by atoms with Crippen molar-refractivity contribution >= 4 is 38.5 Å². The number of ether oxygens (including phenoxy) is 2. The molecule has 1 aromatic carbocycles. The van der Waals surface area contributed by atoms with Crippen molar-refractivity contribution < 1.29 is 9.47 Å². The number of hydrogen-bond acceptors (Lipinski definition) is 2. The van der Waals surface area contributed by atoms with Crippen LogP contribution in [0.25, 0.3) is 0 Å². The molecular formula is C9H8BrIO2. The zero-order chi connectivity index (χ0) is 9.26. The fourth-order valence-electron chi connectivity index (χ4n) is 1.16. The van der Waals surface area contributed by atoms with E-state index in [2.05, 4.69) is 38.5 Å². The third kappa shape index (κ3) is 2.10. The van der Waals surface area contributed by atoms with E-state index in [9.17, 15) is 0 Å². The highest BCUT2D eigenvalue weighted by molar-refractivity contribution is 14.1. The van der Waals surface area contributed by atoms with E-state index < -0.39 is 0 Å². The van der Waals surface area contributed by atoms with Crippen LogP contribution in [0.15, 0.2) is 16.6 Å². The molecule has 0 bridgehead atoms. The minimum atomic E-state index is 0.736. The molecule has 0 unspecified atom stereocenters. The molecule has 0 radical (unpaired) electrons. The first-order valence-electron chi connectivity index (χ1n) is 4.02. The van der Waals surface area contributed by atoms with Crippen LogP contribution in [0.4, 0.5) is 0 Å². The van der Waals surface area contributed by atoms with Crippen molar-refractivity contribution in [2.75, 3.05) is 13.2 Å². The van der Waals surface area contributed by atoms with Gasteiger partial charge in [0, 0.05) is 14.5 Å². The van der Waals surface area contributed by atoms with E-state index in [1.54, 1.807) is 0 Å². The van der Waals surface area contributed by atoms with Crippen LogP contribution in [0.2, 0.25) is 0 Å². The predicted octanol–water partition coefficient (Wildman–Crippen LogP) is 3.22. The molecule has 1 heterocycles. The summed E-state index contributed by atoms with van der Waals surface area (Å²) in [7, 11) is 0. The molecule has 0 fully saturated rings. The number of rotatable bonds is 0. The molecule has 70 valence electrons. The van der Waals surface area contributed by atoms with Crippen LogP contribution in [0.5, 0.6) is 11.5 Å². The Morgan fingerprint density at radius 1 is 1.15 bits per heavy atom. The van der Waals surface area contributed by atoms with Crippen LogP contribution in [-0.2, 0) is 0 Å². The van der Waals surface area contributed by atoms with Gasteiger partial charge in [0.1, 0.15) is 0 Å². The van der Waals surface area contributed by atoms with Gasteiger partial charge in [-0.25, -0.2) is 0 Å². The van der Waals surface area contributed by atoms with Gasteiger partial charge in [-0.3, -0.25) is 0 Å². The maximum atomic E-state index is 5.53. The summed E-state index contributed by atoms with van der Waals surface area (Å²) < 4.78 is 13.3. The first-order chi connectivity index (χ1) is 6.27. The minimum absolute atomic E-state index is 0.736. The standard InChI is InChI=1S/C9H8BrIO2/c10-6-4-8-9(5-7(6)11)13-3-1-2-12-8/h4-5H,1-3H2. The molecular weight excluding hydrogens is 347 g/mol. The lowest BCUT2D eigenvalue weighted by Gasteiger charge is -2.08. The van der Waals surface area contributed by atoms with Gasteiger partial charge in [-0.05, 0) is 50.7 Å². The van der Waals surface area contributed by atoms with Crippen molar-refractivity contribution in [3.05, 3.63) is 20.2 Å². The van der Waals surface area contributed by atoms with Crippen molar-refractivity contribution in [2.24, 2.45) is 0 Å². The second-order valence-corrected chi connectivity index (χ2v) is 4.78.